The Morgan fingerprint density at radius 2 is 2.03 bits per heavy atom. The maximum absolute atomic E-state index is 12.8. The van der Waals surface area contributed by atoms with Crippen molar-refractivity contribution in [2.24, 2.45) is 5.92 Å². The minimum absolute atomic E-state index is 0.0773. The number of carbonyl (C=O) groups excluding carboxylic acids is 2. The summed E-state index contributed by atoms with van der Waals surface area (Å²) in [6, 6.07) is 8.32. The van der Waals surface area contributed by atoms with Crippen LogP contribution in [-0.4, -0.2) is 43.5 Å². The van der Waals surface area contributed by atoms with Gasteiger partial charge >= 0.3 is 0 Å². The Morgan fingerprint density at radius 3 is 2.73 bits per heavy atom. The number of likely N-dealkylation sites (tertiary alicyclic amines) is 1. The second-order valence-corrected chi connectivity index (χ2v) is 11.5. The molecule has 1 unspecified atom stereocenters. The third-order valence-corrected chi connectivity index (χ3v) is 8.87. The van der Waals surface area contributed by atoms with Gasteiger partial charge in [0.05, 0.1) is 10.6 Å². The van der Waals surface area contributed by atoms with Gasteiger partial charge in [-0.15, -0.1) is 23.1 Å². The van der Waals surface area contributed by atoms with Gasteiger partial charge in [-0.25, -0.2) is 13.1 Å². The molecule has 1 aromatic carbocycles. The molecule has 7 nitrogen and oxygen atoms in total. The Balaban J connectivity index is 1.47. The number of thioether (sulfide) groups is 1. The van der Waals surface area contributed by atoms with E-state index in [1.54, 1.807) is 11.0 Å². The van der Waals surface area contributed by atoms with Crippen LogP contribution in [0.15, 0.2) is 45.5 Å². The van der Waals surface area contributed by atoms with E-state index in [1.807, 2.05) is 17.5 Å². The van der Waals surface area contributed by atoms with Gasteiger partial charge in [0.1, 0.15) is 0 Å². The number of anilines is 1. The molecule has 3 heterocycles. The van der Waals surface area contributed by atoms with Crippen molar-refractivity contribution in [2.75, 3.05) is 18.4 Å². The molecule has 0 bridgehead atoms. The Morgan fingerprint density at radius 1 is 1.27 bits per heavy atom. The van der Waals surface area contributed by atoms with Crippen LogP contribution in [0.5, 0.6) is 0 Å². The van der Waals surface area contributed by atoms with Crippen LogP contribution in [0.1, 0.15) is 24.6 Å². The van der Waals surface area contributed by atoms with Crippen LogP contribution in [-0.2, 0) is 26.2 Å². The molecule has 0 spiro atoms. The zero-order valence-electron chi connectivity index (χ0n) is 16.5. The second-order valence-electron chi connectivity index (χ2n) is 7.56. The molecule has 2 aliphatic heterocycles. The number of carbonyl (C=O) groups is 2. The van der Waals surface area contributed by atoms with Crippen LogP contribution in [0.3, 0.4) is 0 Å². The Kier molecular flexibility index (Phi) is 6.19. The first-order chi connectivity index (χ1) is 14.3. The summed E-state index contributed by atoms with van der Waals surface area (Å²) in [4.78, 5) is 28.9. The number of hydrogen-bond donors (Lipinski definition) is 2. The molecule has 1 fully saturated rings. The van der Waals surface area contributed by atoms with Crippen molar-refractivity contribution in [1.82, 2.24) is 9.62 Å². The SMILES string of the molecule is CC1CCN(C(=O)C2Sc3ccc(S(=O)(=O)NCc4cccs4)cc3NC2=O)CC1. The highest BCUT2D eigenvalue weighted by Gasteiger charge is 2.37. The maximum atomic E-state index is 12.8. The van der Waals surface area contributed by atoms with Crippen molar-refractivity contribution in [3.63, 3.8) is 0 Å². The van der Waals surface area contributed by atoms with Gasteiger partial charge in [0.25, 0.3) is 0 Å². The maximum Gasteiger partial charge on any atom is 0.247 e. The standard InChI is InChI=1S/C20H23N3O4S3/c1-13-6-8-23(9-7-13)20(25)18-19(24)22-16-11-15(4-5-17(16)29-18)30(26,27)21-12-14-3-2-10-28-14/h2-5,10-11,13,18,21H,6-9,12H2,1H3,(H,22,24). The highest BCUT2D eigenvalue weighted by atomic mass is 32.2. The molecule has 0 saturated carbocycles. The summed E-state index contributed by atoms with van der Waals surface area (Å²) >= 11 is 2.65. The Labute approximate surface area is 184 Å². The van der Waals surface area contributed by atoms with Crippen molar-refractivity contribution < 1.29 is 18.0 Å². The minimum Gasteiger partial charge on any atom is -0.341 e. The van der Waals surface area contributed by atoms with Crippen molar-refractivity contribution >= 4 is 50.6 Å². The number of sulfonamides is 1. The first-order valence-corrected chi connectivity index (χ1v) is 13.0. The number of benzene rings is 1. The monoisotopic (exact) mass is 465 g/mol. The number of nitrogens with one attached hydrogen (secondary N) is 2. The number of hydrogen-bond acceptors (Lipinski definition) is 6. The molecular formula is C20H23N3O4S3. The lowest BCUT2D eigenvalue weighted by atomic mass is 9.99. The van der Waals surface area contributed by atoms with E-state index in [1.165, 1.54) is 35.2 Å². The van der Waals surface area contributed by atoms with Crippen LogP contribution >= 0.6 is 23.1 Å². The van der Waals surface area contributed by atoms with Gasteiger partial charge in [-0.05, 0) is 48.4 Å². The summed E-state index contributed by atoms with van der Waals surface area (Å²) in [5.41, 5.74) is 0.417. The molecular weight excluding hydrogens is 442 g/mol. The summed E-state index contributed by atoms with van der Waals surface area (Å²) in [6.07, 6.45) is 1.89. The fourth-order valence-corrected chi connectivity index (χ4v) is 6.30. The normalized spacial score (nSPS) is 20.0. The number of piperidine rings is 1. The fraction of sp³-hybridized carbons (Fsp3) is 0.400. The van der Waals surface area contributed by atoms with E-state index in [2.05, 4.69) is 17.0 Å². The predicted octanol–water partition coefficient (Wildman–Crippen LogP) is 2.90. The minimum atomic E-state index is -3.72. The summed E-state index contributed by atoms with van der Waals surface area (Å²) < 4.78 is 27.8. The highest BCUT2D eigenvalue weighted by molar-refractivity contribution is 8.01. The molecule has 2 aliphatic rings. The number of thiophene rings is 1. The van der Waals surface area contributed by atoms with E-state index in [0.717, 1.165) is 17.7 Å². The average Bonchev–Trinajstić information content (AvgIpc) is 3.25. The first-order valence-electron chi connectivity index (χ1n) is 9.76. The molecule has 4 rings (SSSR count). The molecule has 1 aromatic heterocycles. The first kappa shape index (κ1) is 21.4. The quantitative estimate of drug-likeness (QED) is 0.662. The third kappa shape index (κ3) is 4.56. The zero-order chi connectivity index (χ0) is 21.3. The van der Waals surface area contributed by atoms with Crippen molar-refractivity contribution in [2.45, 2.75) is 41.4 Å². The van der Waals surface area contributed by atoms with Crippen LogP contribution in [0.25, 0.3) is 0 Å². The molecule has 0 aliphatic carbocycles. The molecule has 160 valence electrons. The van der Waals surface area contributed by atoms with E-state index < -0.39 is 21.2 Å². The molecule has 0 radical (unpaired) electrons. The van der Waals surface area contributed by atoms with Crippen molar-refractivity contribution in [1.29, 1.82) is 0 Å². The highest BCUT2D eigenvalue weighted by Crippen LogP contribution is 2.38. The van der Waals surface area contributed by atoms with Gasteiger partial charge in [0.2, 0.25) is 21.8 Å². The van der Waals surface area contributed by atoms with E-state index in [9.17, 15) is 18.0 Å². The van der Waals surface area contributed by atoms with Gasteiger partial charge in [0.15, 0.2) is 5.25 Å². The molecule has 2 amide bonds. The molecule has 2 aromatic rings. The summed E-state index contributed by atoms with van der Waals surface area (Å²) in [7, 11) is -3.72. The lowest BCUT2D eigenvalue weighted by molar-refractivity contribution is -0.135. The molecule has 1 atom stereocenters. The number of amides is 2. The van der Waals surface area contributed by atoms with E-state index >= 15 is 0 Å². The largest absolute Gasteiger partial charge is 0.341 e. The van der Waals surface area contributed by atoms with Crippen molar-refractivity contribution in [3.05, 3.63) is 40.6 Å². The number of rotatable bonds is 5. The van der Waals surface area contributed by atoms with E-state index in [0.29, 0.717) is 29.6 Å². The smallest absolute Gasteiger partial charge is 0.247 e. The van der Waals surface area contributed by atoms with E-state index in [4.69, 9.17) is 0 Å². The van der Waals surface area contributed by atoms with Gasteiger partial charge in [0, 0.05) is 29.4 Å². The van der Waals surface area contributed by atoms with E-state index in [-0.39, 0.29) is 17.3 Å². The van der Waals surface area contributed by atoms with Gasteiger partial charge in [-0.3, -0.25) is 9.59 Å². The summed E-state index contributed by atoms with van der Waals surface area (Å²) in [5, 5.41) is 3.77. The number of fused-ring (bicyclic) bond motifs is 1. The molecule has 30 heavy (non-hydrogen) atoms. The van der Waals surface area contributed by atoms with Crippen LogP contribution in [0, 0.1) is 5.92 Å². The van der Waals surface area contributed by atoms with Crippen LogP contribution in [0.4, 0.5) is 5.69 Å². The molecule has 2 N–H and O–H groups in total. The van der Waals surface area contributed by atoms with Gasteiger partial charge in [-0.2, -0.15) is 0 Å². The Bertz CT molecular complexity index is 1050. The summed E-state index contributed by atoms with van der Waals surface area (Å²) in [5.74, 6) is 0.0120. The van der Waals surface area contributed by atoms with Gasteiger partial charge in [-0.1, -0.05) is 13.0 Å². The average molecular weight is 466 g/mol. The Hall–Kier alpha value is -1.88. The van der Waals surface area contributed by atoms with Gasteiger partial charge < -0.3 is 10.2 Å². The fourth-order valence-electron chi connectivity index (χ4n) is 3.48. The predicted molar refractivity (Wildman–Crippen MR) is 118 cm³/mol. The topological polar surface area (TPSA) is 95.6 Å². The second kappa shape index (κ2) is 8.70. The summed E-state index contributed by atoms with van der Waals surface area (Å²) in [6.45, 7) is 3.72. The molecule has 10 heteroatoms. The molecule has 1 saturated heterocycles. The lowest BCUT2D eigenvalue weighted by Crippen LogP contribution is -2.47. The zero-order valence-corrected chi connectivity index (χ0v) is 18.9. The third-order valence-electron chi connectivity index (χ3n) is 5.34. The van der Waals surface area contributed by atoms with Crippen LogP contribution in [0.2, 0.25) is 0 Å². The lowest BCUT2D eigenvalue weighted by Gasteiger charge is -2.33. The van der Waals surface area contributed by atoms with Crippen LogP contribution < -0.4 is 10.0 Å². The van der Waals surface area contributed by atoms with Crippen molar-refractivity contribution in [3.8, 4) is 0 Å². The number of nitrogens with zero attached hydrogens (tertiary/aromatic N) is 1.